The van der Waals surface area contributed by atoms with E-state index in [1.54, 1.807) is 16.8 Å². The van der Waals surface area contributed by atoms with E-state index in [0.29, 0.717) is 18.6 Å². The highest BCUT2D eigenvalue weighted by Crippen LogP contribution is 2.20. The van der Waals surface area contributed by atoms with E-state index in [-0.39, 0.29) is 15.8 Å². The fourth-order valence-electron chi connectivity index (χ4n) is 3.69. The molecule has 9 heteroatoms. The molecule has 0 saturated carbocycles. The van der Waals surface area contributed by atoms with Gasteiger partial charge in [-0.2, -0.15) is 0 Å². The second-order valence-electron chi connectivity index (χ2n) is 8.43. The number of aryl methyl sites for hydroxylation is 1. The molecule has 1 amide bonds. The Morgan fingerprint density at radius 2 is 1.67 bits per heavy atom. The van der Waals surface area contributed by atoms with Gasteiger partial charge in [0.25, 0.3) is 5.91 Å². The number of hydrogen-bond acceptors (Lipinski definition) is 5. The number of aromatic nitrogens is 1. The van der Waals surface area contributed by atoms with Crippen LogP contribution in [0.1, 0.15) is 56.8 Å². The number of fused-ring (bicyclic) bond motifs is 1. The largest absolute Gasteiger partial charge is 0.351 e. The summed E-state index contributed by atoms with van der Waals surface area (Å²) in [6, 6.07) is 4.48. The van der Waals surface area contributed by atoms with Gasteiger partial charge in [0.2, 0.25) is 15.5 Å². The van der Waals surface area contributed by atoms with E-state index < -0.39 is 21.4 Å². The first kappa shape index (κ1) is 27.0. The molecule has 1 N–H and O–H groups in total. The smallest absolute Gasteiger partial charge is 0.256 e. The van der Waals surface area contributed by atoms with Gasteiger partial charge in [0.05, 0.1) is 10.4 Å². The molecule has 0 bridgehead atoms. The second kappa shape index (κ2) is 12.3. The lowest BCUT2D eigenvalue weighted by molar-refractivity contribution is 0.0946. The maximum absolute atomic E-state index is 13.2. The molecule has 0 aliphatic heterocycles. The van der Waals surface area contributed by atoms with Crippen LogP contribution < -0.4 is 10.7 Å². The van der Waals surface area contributed by atoms with Crippen molar-refractivity contribution in [3.63, 3.8) is 0 Å². The number of nitrogens with one attached hydrogen (secondary N) is 1. The Labute approximate surface area is 197 Å². The Hall–Kier alpha value is -2.23. The molecule has 33 heavy (non-hydrogen) atoms. The molecule has 1 aromatic carbocycles. The highest BCUT2D eigenvalue weighted by atomic mass is 32.2. The Morgan fingerprint density at radius 1 is 1.03 bits per heavy atom. The molecule has 184 valence electrons. The fourth-order valence-corrected chi connectivity index (χ4v) is 4.62. The van der Waals surface area contributed by atoms with Crippen LogP contribution in [0.15, 0.2) is 34.1 Å². The number of carbonyl (C=O) groups is 1. The van der Waals surface area contributed by atoms with Gasteiger partial charge in [-0.15, -0.1) is 0 Å². The van der Waals surface area contributed by atoms with Gasteiger partial charge in [0, 0.05) is 45.3 Å². The number of rotatable bonds is 13. The number of amides is 1. The molecule has 0 atom stereocenters. The topological polar surface area (TPSA) is 91.7 Å². The van der Waals surface area contributed by atoms with Gasteiger partial charge in [-0.1, -0.05) is 26.7 Å². The molecule has 0 aliphatic carbocycles. The van der Waals surface area contributed by atoms with Gasteiger partial charge in [-0.25, -0.2) is 12.7 Å². The molecule has 0 spiro atoms. The maximum Gasteiger partial charge on any atom is 0.256 e. The highest BCUT2D eigenvalue weighted by Gasteiger charge is 2.21. The average molecular weight is 479 g/mol. The van der Waals surface area contributed by atoms with Gasteiger partial charge in [-0.05, 0) is 51.1 Å². The van der Waals surface area contributed by atoms with Crippen LogP contribution in [-0.2, 0) is 16.6 Å². The third-order valence-electron chi connectivity index (χ3n) is 5.78. The molecule has 0 unspecified atom stereocenters. The number of pyridine rings is 1. The van der Waals surface area contributed by atoms with E-state index in [9.17, 15) is 18.0 Å². The summed E-state index contributed by atoms with van der Waals surface area (Å²) in [5, 5.41) is 3.10. The van der Waals surface area contributed by atoms with Gasteiger partial charge >= 0.3 is 0 Å². The number of hydrogen-bond donors (Lipinski definition) is 1. The van der Waals surface area contributed by atoms with Crippen molar-refractivity contribution in [1.82, 2.24) is 19.1 Å². The van der Waals surface area contributed by atoms with Gasteiger partial charge in [0.1, 0.15) is 5.56 Å². The van der Waals surface area contributed by atoms with Crippen molar-refractivity contribution in [2.24, 2.45) is 0 Å². The summed E-state index contributed by atoms with van der Waals surface area (Å²) in [6.07, 6.45) is 6.03. The molecular formula is C24H38N4O4S. The minimum atomic E-state index is -3.70. The van der Waals surface area contributed by atoms with Crippen LogP contribution in [0, 0.1) is 0 Å². The zero-order valence-corrected chi connectivity index (χ0v) is 21.4. The van der Waals surface area contributed by atoms with Crippen molar-refractivity contribution in [3.05, 3.63) is 40.2 Å². The summed E-state index contributed by atoms with van der Waals surface area (Å²) < 4.78 is 28.0. The van der Waals surface area contributed by atoms with Gasteiger partial charge in [-0.3, -0.25) is 9.59 Å². The third-order valence-corrected chi connectivity index (χ3v) is 7.60. The van der Waals surface area contributed by atoms with Crippen molar-refractivity contribution in [2.45, 2.75) is 57.9 Å². The van der Waals surface area contributed by atoms with E-state index in [4.69, 9.17) is 0 Å². The van der Waals surface area contributed by atoms with Gasteiger partial charge in [0.15, 0.2) is 0 Å². The predicted octanol–water partition coefficient (Wildman–Crippen LogP) is 2.90. The predicted molar refractivity (Wildman–Crippen MR) is 133 cm³/mol. The van der Waals surface area contributed by atoms with Crippen LogP contribution in [0.2, 0.25) is 0 Å². The molecule has 2 aromatic rings. The average Bonchev–Trinajstić information content (AvgIpc) is 2.80. The van der Waals surface area contributed by atoms with Gasteiger partial charge < -0.3 is 14.8 Å². The Bertz CT molecular complexity index is 1100. The van der Waals surface area contributed by atoms with Crippen molar-refractivity contribution in [2.75, 3.05) is 40.3 Å². The standard InChI is InChI=1S/C24H38N4O4S/c1-6-9-14-27(15-10-7-2)16-13-25-24(30)21-18-28(8-3)22-12-11-19(17-20(22)23(21)29)33(31,32)26(4)5/h11-12,17-18H,6-10,13-16H2,1-5H3,(H,25,30). The van der Waals surface area contributed by atoms with Crippen LogP contribution in [0.25, 0.3) is 10.9 Å². The van der Waals surface area contributed by atoms with Crippen LogP contribution in [0.3, 0.4) is 0 Å². The summed E-state index contributed by atoms with van der Waals surface area (Å²) in [5.74, 6) is -0.434. The third kappa shape index (κ3) is 6.65. The zero-order valence-electron chi connectivity index (χ0n) is 20.6. The molecular weight excluding hydrogens is 440 g/mol. The van der Waals surface area contributed by atoms with E-state index in [1.165, 1.54) is 26.2 Å². The molecule has 8 nitrogen and oxygen atoms in total. The molecule has 0 aliphatic rings. The van der Waals surface area contributed by atoms with E-state index in [0.717, 1.165) is 49.6 Å². The minimum absolute atomic E-state index is 0.0254. The summed E-state index contributed by atoms with van der Waals surface area (Å²) in [5.41, 5.74) is 0.163. The van der Waals surface area contributed by atoms with E-state index >= 15 is 0 Å². The second-order valence-corrected chi connectivity index (χ2v) is 10.6. The Kier molecular flexibility index (Phi) is 10.1. The van der Waals surface area contributed by atoms with Crippen LogP contribution in [0.5, 0.6) is 0 Å². The monoisotopic (exact) mass is 478 g/mol. The summed E-state index contributed by atoms with van der Waals surface area (Å²) in [6.45, 7) is 9.94. The molecule has 1 aromatic heterocycles. The quantitative estimate of drug-likeness (QED) is 0.478. The number of unbranched alkanes of at least 4 members (excludes halogenated alkanes) is 2. The minimum Gasteiger partial charge on any atom is -0.351 e. The molecule has 0 saturated heterocycles. The zero-order chi connectivity index (χ0) is 24.6. The van der Waals surface area contributed by atoms with E-state index in [1.807, 2.05) is 6.92 Å². The summed E-state index contributed by atoms with van der Waals surface area (Å²) >= 11 is 0. The first-order valence-electron chi connectivity index (χ1n) is 11.8. The lowest BCUT2D eigenvalue weighted by atomic mass is 10.1. The molecule has 1 heterocycles. The first-order chi connectivity index (χ1) is 15.7. The number of nitrogens with zero attached hydrogens (tertiary/aromatic N) is 3. The molecule has 0 fully saturated rings. The SMILES string of the molecule is CCCCN(CCCC)CCNC(=O)c1cn(CC)c2ccc(S(=O)(=O)N(C)C)cc2c1=O. The maximum atomic E-state index is 13.2. The van der Waals surface area contributed by atoms with Crippen LogP contribution >= 0.6 is 0 Å². The number of benzene rings is 1. The number of sulfonamides is 1. The lowest BCUT2D eigenvalue weighted by Gasteiger charge is -2.22. The normalized spacial score (nSPS) is 12.1. The van der Waals surface area contributed by atoms with Crippen LogP contribution in [0.4, 0.5) is 0 Å². The molecule has 2 rings (SSSR count). The van der Waals surface area contributed by atoms with Crippen molar-refractivity contribution in [3.8, 4) is 0 Å². The lowest BCUT2D eigenvalue weighted by Crippen LogP contribution is -2.37. The van der Waals surface area contributed by atoms with Crippen molar-refractivity contribution < 1.29 is 13.2 Å². The number of carbonyl (C=O) groups excluding carboxylic acids is 1. The summed E-state index contributed by atoms with van der Waals surface area (Å²) in [4.78, 5) is 28.5. The van der Waals surface area contributed by atoms with E-state index in [2.05, 4.69) is 24.1 Å². The fraction of sp³-hybridized carbons (Fsp3) is 0.583. The van der Waals surface area contributed by atoms with Crippen molar-refractivity contribution >= 4 is 26.8 Å². The first-order valence-corrected chi connectivity index (χ1v) is 13.2. The van der Waals surface area contributed by atoms with Crippen LogP contribution in [-0.4, -0.2) is 68.4 Å². The summed E-state index contributed by atoms with van der Waals surface area (Å²) in [7, 11) is -0.813. The highest BCUT2D eigenvalue weighted by molar-refractivity contribution is 7.89. The Morgan fingerprint density at radius 3 is 2.21 bits per heavy atom. The van der Waals surface area contributed by atoms with Crippen molar-refractivity contribution in [1.29, 1.82) is 0 Å². The Balaban J connectivity index is 2.30. The molecule has 0 radical (unpaired) electrons.